The molecule has 0 bridgehead atoms. The number of hydrogen-bond acceptors (Lipinski definition) is 3. The first-order chi connectivity index (χ1) is 7.59. The predicted octanol–water partition coefficient (Wildman–Crippen LogP) is 1.86. The fourth-order valence-electron chi connectivity index (χ4n) is 1.22. The molecule has 0 aliphatic heterocycles. The van der Waals surface area contributed by atoms with Crippen LogP contribution in [0.1, 0.15) is 5.56 Å². The fourth-order valence-corrected chi connectivity index (χ4v) is 1.65. The Hall–Kier alpha value is -1.59. The Labute approximate surface area is 101 Å². The van der Waals surface area contributed by atoms with E-state index in [0.29, 0.717) is 16.4 Å². The summed E-state index contributed by atoms with van der Waals surface area (Å²) in [7, 11) is 0. The number of nitrogen functional groups attached to an aromatic ring is 1. The van der Waals surface area contributed by atoms with Crippen molar-refractivity contribution in [3.8, 4) is 5.82 Å². The van der Waals surface area contributed by atoms with Crippen LogP contribution < -0.4 is 5.73 Å². The second kappa shape index (κ2) is 4.11. The van der Waals surface area contributed by atoms with Gasteiger partial charge in [0.15, 0.2) is 5.82 Å². The molecule has 0 aliphatic rings. The van der Waals surface area contributed by atoms with E-state index in [9.17, 15) is 0 Å². The second-order valence-electron chi connectivity index (χ2n) is 3.01. The monoisotopic (exact) mass is 255 g/mol. The first-order valence-corrected chi connectivity index (χ1v) is 5.04. The van der Waals surface area contributed by atoms with Crippen molar-refractivity contribution in [2.24, 2.45) is 5.73 Å². The Kier molecular flexibility index (Phi) is 2.80. The third-order valence-electron chi connectivity index (χ3n) is 1.93. The Morgan fingerprint density at radius 1 is 1.44 bits per heavy atom. The zero-order valence-electron chi connectivity index (χ0n) is 7.98. The summed E-state index contributed by atoms with van der Waals surface area (Å²) < 4.78 is 1.43. The van der Waals surface area contributed by atoms with E-state index in [4.69, 9.17) is 34.3 Å². The van der Waals surface area contributed by atoms with Crippen molar-refractivity contribution in [1.82, 2.24) is 14.8 Å². The number of nitrogens with zero attached hydrogens (tertiary/aromatic N) is 3. The molecule has 82 valence electrons. The van der Waals surface area contributed by atoms with Crippen LogP contribution in [0.15, 0.2) is 24.7 Å². The van der Waals surface area contributed by atoms with Crippen molar-refractivity contribution in [3.05, 3.63) is 40.3 Å². The number of amidine groups is 1. The van der Waals surface area contributed by atoms with E-state index in [0.717, 1.165) is 0 Å². The van der Waals surface area contributed by atoms with Crippen molar-refractivity contribution in [3.63, 3.8) is 0 Å². The lowest BCUT2D eigenvalue weighted by atomic mass is 10.2. The standard InChI is InChI=1S/C9H7Cl2N5/c10-5-3-15-16(4-5)9-7(11)6(8(12)13)1-2-14-9/h1-4H,(H3,12,13). The summed E-state index contributed by atoms with van der Waals surface area (Å²) in [5.74, 6) is 0.271. The first kappa shape index (κ1) is 10.9. The molecule has 0 aromatic carbocycles. The topological polar surface area (TPSA) is 80.6 Å². The fraction of sp³-hybridized carbons (Fsp3) is 0. The number of nitrogens with one attached hydrogen (secondary N) is 1. The maximum atomic E-state index is 7.35. The van der Waals surface area contributed by atoms with Crippen LogP contribution in [0.5, 0.6) is 0 Å². The van der Waals surface area contributed by atoms with E-state index < -0.39 is 0 Å². The van der Waals surface area contributed by atoms with E-state index in [1.807, 2.05) is 0 Å². The maximum absolute atomic E-state index is 7.35. The van der Waals surface area contributed by atoms with Gasteiger partial charge in [0.2, 0.25) is 0 Å². The van der Waals surface area contributed by atoms with Crippen LogP contribution in [-0.4, -0.2) is 20.6 Å². The number of aromatic nitrogens is 3. The third-order valence-corrected chi connectivity index (χ3v) is 2.50. The number of rotatable bonds is 2. The van der Waals surface area contributed by atoms with Gasteiger partial charge in [0.1, 0.15) is 5.84 Å². The number of pyridine rings is 1. The Bertz CT molecular complexity index is 549. The molecule has 0 spiro atoms. The highest BCUT2D eigenvalue weighted by molar-refractivity contribution is 6.35. The molecule has 0 amide bonds. The molecule has 2 heterocycles. The highest BCUT2D eigenvalue weighted by Crippen LogP contribution is 2.22. The van der Waals surface area contributed by atoms with Crippen LogP contribution in [-0.2, 0) is 0 Å². The summed E-state index contributed by atoms with van der Waals surface area (Å²) in [6.45, 7) is 0. The van der Waals surface area contributed by atoms with Crippen LogP contribution >= 0.6 is 23.2 Å². The third kappa shape index (κ3) is 1.87. The van der Waals surface area contributed by atoms with Gasteiger partial charge >= 0.3 is 0 Å². The van der Waals surface area contributed by atoms with Crippen LogP contribution in [0.3, 0.4) is 0 Å². The Morgan fingerprint density at radius 3 is 2.75 bits per heavy atom. The predicted molar refractivity (Wildman–Crippen MR) is 62.4 cm³/mol. The highest BCUT2D eigenvalue weighted by atomic mass is 35.5. The van der Waals surface area contributed by atoms with E-state index in [1.165, 1.54) is 17.1 Å². The molecule has 2 aromatic rings. The SMILES string of the molecule is N=C(N)c1ccnc(-n2cc(Cl)cn2)c1Cl. The minimum Gasteiger partial charge on any atom is -0.384 e. The zero-order chi connectivity index (χ0) is 11.7. The van der Waals surface area contributed by atoms with Crippen molar-refractivity contribution in [1.29, 1.82) is 5.41 Å². The lowest BCUT2D eigenvalue weighted by Gasteiger charge is -2.06. The van der Waals surface area contributed by atoms with Crippen molar-refractivity contribution < 1.29 is 0 Å². The molecule has 0 aliphatic carbocycles. The summed E-state index contributed by atoms with van der Waals surface area (Å²) in [5.41, 5.74) is 5.80. The molecule has 0 radical (unpaired) electrons. The number of hydrogen-bond donors (Lipinski definition) is 2. The lowest BCUT2D eigenvalue weighted by molar-refractivity contribution is 0.846. The molecule has 2 aromatic heterocycles. The molecule has 0 fully saturated rings. The van der Waals surface area contributed by atoms with E-state index in [-0.39, 0.29) is 10.9 Å². The second-order valence-corrected chi connectivity index (χ2v) is 3.83. The molecule has 0 saturated heterocycles. The van der Waals surface area contributed by atoms with Gasteiger partial charge in [-0.1, -0.05) is 23.2 Å². The van der Waals surface area contributed by atoms with Crippen molar-refractivity contribution >= 4 is 29.0 Å². The molecular formula is C9H7Cl2N5. The van der Waals surface area contributed by atoms with Crippen molar-refractivity contribution in [2.45, 2.75) is 0 Å². The average molecular weight is 256 g/mol. The van der Waals surface area contributed by atoms with Gasteiger partial charge in [-0.2, -0.15) is 5.10 Å². The lowest BCUT2D eigenvalue weighted by Crippen LogP contribution is -2.13. The number of halogens is 2. The van der Waals surface area contributed by atoms with Gasteiger partial charge in [-0.05, 0) is 6.07 Å². The highest BCUT2D eigenvalue weighted by Gasteiger charge is 2.11. The van der Waals surface area contributed by atoms with Crippen LogP contribution in [0.25, 0.3) is 5.82 Å². The summed E-state index contributed by atoms with van der Waals surface area (Å²) in [4.78, 5) is 4.06. The molecular weight excluding hydrogens is 249 g/mol. The van der Waals surface area contributed by atoms with E-state index in [2.05, 4.69) is 10.1 Å². The molecule has 3 N–H and O–H groups in total. The first-order valence-electron chi connectivity index (χ1n) is 4.29. The summed E-state index contributed by atoms with van der Waals surface area (Å²) in [6.07, 6.45) is 4.55. The molecule has 16 heavy (non-hydrogen) atoms. The Balaban J connectivity index is 2.58. The van der Waals surface area contributed by atoms with Crippen LogP contribution in [0.2, 0.25) is 10.0 Å². The van der Waals surface area contributed by atoms with Crippen LogP contribution in [0, 0.1) is 5.41 Å². The van der Waals surface area contributed by atoms with Gasteiger partial charge < -0.3 is 5.73 Å². The smallest absolute Gasteiger partial charge is 0.172 e. The largest absolute Gasteiger partial charge is 0.384 e. The van der Waals surface area contributed by atoms with Crippen molar-refractivity contribution in [2.75, 3.05) is 0 Å². The summed E-state index contributed by atoms with van der Waals surface area (Å²) in [6, 6.07) is 1.57. The van der Waals surface area contributed by atoms with Gasteiger partial charge in [-0.3, -0.25) is 5.41 Å². The van der Waals surface area contributed by atoms with E-state index >= 15 is 0 Å². The Morgan fingerprint density at radius 2 is 2.19 bits per heavy atom. The molecule has 7 heteroatoms. The van der Waals surface area contributed by atoms with Crippen LogP contribution in [0.4, 0.5) is 0 Å². The molecule has 0 atom stereocenters. The average Bonchev–Trinajstić information content (AvgIpc) is 2.64. The molecule has 0 saturated carbocycles. The van der Waals surface area contributed by atoms with Gasteiger partial charge in [0.25, 0.3) is 0 Å². The van der Waals surface area contributed by atoms with E-state index in [1.54, 1.807) is 12.3 Å². The minimum atomic E-state index is -0.119. The molecule has 0 unspecified atom stereocenters. The summed E-state index contributed by atoms with van der Waals surface area (Å²) in [5, 5.41) is 12.1. The van der Waals surface area contributed by atoms with Gasteiger partial charge in [-0.25, -0.2) is 9.67 Å². The minimum absolute atomic E-state index is 0.119. The zero-order valence-corrected chi connectivity index (χ0v) is 9.50. The number of nitrogens with two attached hydrogens (primary N) is 1. The quantitative estimate of drug-likeness (QED) is 0.635. The summed E-state index contributed by atoms with van der Waals surface area (Å²) >= 11 is 11.8. The molecule has 2 rings (SSSR count). The maximum Gasteiger partial charge on any atom is 0.172 e. The van der Waals surface area contributed by atoms with Gasteiger partial charge in [-0.15, -0.1) is 0 Å². The normalized spacial score (nSPS) is 10.4. The molecule has 5 nitrogen and oxygen atoms in total. The van der Waals surface area contributed by atoms with Gasteiger partial charge in [0.05, 0.1) is 22.4 Å². The van der Waals surface area contributed by atoms with Gasteiger partial charge in [0, 0.05) is 11.8 Å².